The molecule has 1 N–H and O–H groups in total. The van der Waals surface area contributed by atoms with E-state index in [1.807, 2.05) is 11.6 Å². The van der Waals surface area contributed by atoms with Crippen molar-refractivity contribution in [3.05, 3.63) is 17.5 Å². The average Bonchev–Trinajstić information content (AvgIpc) is 2.49. The molecule has 0 spiro atoms. The predicted molar refractivity (Wildman–Crippen MR) is 64.1 cm³/mol. The van der Waals surface area contributed by atoms with E-state index in [1.165, 1.54) is 12.1 Å². The number of aryl methyl sites for hydroxylation is 1. The van der Waals surface area contributed by atoms with E-state index in [0.29, 0.717) is 12.5 Å². The summed E-state index contributed by atoms with van der Waals surface area (Å²) in [6.45, 7) is 11.2. The van der Waals surface area contributed by atoms with E-state index in [4.69, 9.17) is 5.11 Å². The normalized spacial score (nSPS) is 10.1. The molecule has 0 aliphatic rings. The van der Waals surface area contributed by atoms with E-state index >= 15 is 0 Å². The van der Waals surface area contributed by atoms with E-state index in [9.17, 15) is 0 Å². The van der Waals surface area contributed by atoms with Crippen molar-refractivity contribution in [2.45, 2.75) is 53.5 Å². The number of nitrogens with zero attached hydrogens (tertiary/aromatic N) is 2. The van der Waals surface area contributed by atoms with Crippen molar-refractivity contribution >= 4 is 0 Å². The van der Waals surface area contributed by atoms with Crippen molar-refractivity contribution in [3.63, 3.8) is 0 Å². The van der Waals surface area contributed by atoms with Crippen LogP contribution in [-0.4, -0.2) is 21.5 Å². The Bertz CT molecular complexity index is 267. The fourth-order valence-electron chi connectivity index (χ4n) is 1.30. The molecule has 0 bridgehead atoms. The van der Waals surface area contributed by atoms with Gasteiger partial charge in [0.2, 0.25) is 0 Å². The molecule has 0 aliphatic carbocycles. The molecule has 0 saturated heterocycles. The first-order chi connectivity index (χ1) is 7.06. The van der Waals surface area contributed by atoms with Gasteiger partial charge in [0.1, 0.15) is 0 Å². The lowest BCUT2D eigenvalue weighted by Gasteiger charge is -2.07. The first kappa shape index (κ1) is 14.2. The highest BCUT2D eigenvalue weighted by atomic mass is 16.3. The minimum Gasteiger partial charge on any atom is -0.394 e. The second-order valence-electron chi connectivity index (χ2n) is 4.02. The molecule has 0 aliphatic heterocycles. The maximum atomic E-state index is 8.77. The molecule has 0 radical (unpaired) electrons. The minimum absolute atomic E-state index is 0.154. The van der Waals surface area contributed by atoms with E-state index in [1.54, 1.807) is 0 Å². The zero-order valence-corrected chi connectivity index (χ0v) is 10.6. The molecule has 0 amide bonds. The molecular formula is C12H24N2O. The molecule has 88 valence electrons. The van der Waals surface area contributed by atoms with Gasteiger partial charge in [-0.05, 0) is 18.9 Å². The smallest absolute Gasteiger partial charge is 0.0644 e. The summed E-state index contributed by atoms with van der Waals surface area (Å²) >= 11 is 0. The lowest BCUT2D eigenvalue weighted by Crippen LogP contribution is -2.08. The molecule has 0 saturated carbocycles. The molecule has 0 aromatic carbocycles. The number of aliphatic hydroxyl groups is 1. The minimum atomic E-state index is 0.154. The fraction of sp³-hybridized carbons (Fsp3) is 0.750. The maximum Gasteiger partial charge on any atom is 0.0644 e. The first-order valence-corrected chi connectivity index (χ1v) is 5.71. The molecule has 0 unspecified atom stereocenters. The van der Waals surface area contributed by atoms with Gasteiger partial charge < -0.3 is 5.11 Å². The summed E-state index contributed by atoms with van der Waals surface area (Å²) in [5.41, 5.74) is 2.22. The Morgan fingerprint density at radius 3 is 2.33 bits per heavy atom. The van der Waals surface area contributed by atoms with Gasteiger partial charge in [-0.15, -0.1) is 0 Å². The van der Waals surface area contributed by atoms with Crippen LogP contribution in [0.2, 0.25) is 0 Å². The SMILES string of the molecule is CCC.Cc1cc(C(C)C)n(CCO)n1. The fourth-order valence-corrected chi connectivity index (χ4v) is 1.30. The van der Waals surface area contributed by atoms with Gasteiger partial charge in [0.25, 0.3) is 0 Å². The van der Waals surface area contributed by atoms with Crippen LogP contribution in [0.1, 0.15) is 51.4 Å². The number of aromatic nitrogens is 2. The Balaban J connectivity index is 0.000000583. The molecule has 1 aromatic rings. The van der Waals surface area contributed by atoms with E-state index < -0.39 is 0 Å². The number of hydrogen-bond donors (Lipinski definition) is 1. The Kier molecular flexibility index (Phi) is 7.05. The monoisotopic (exact) mass is 212 g/mol. The Morgan fingerprint density at radius 1 is 1.40 bits per heavy atom. The third-order valence-electron chi connectivity index (χ3n) is 1.84. The summed E-state index contributed by atoms with van der Waals surface area (Å²) in [6.07, 6.45) is 1.25. The van der Waals surface area contributed by atoms with Crippen LogP contribution in [0.4, 0.5) is 0 Å². The second kappa shape index (κ2) is 7.46. The van der Waals surface area contributed by atoms with Crippen LogP contribution in [0.25, 0.3) is 0 Å². The van der Waals surface area contributed by atoms with Gasteiger partial charge in [0.15, 0.2) is 0 Å². The van der Waals surface area contributed by atoms with Crippen molar-refractivity contribution < 1.29 is 5.11 Å². The summed E-state index contributed by atoms with van der Waals surface area (Å²) in [6, 6.07) is 2.07. The topological polar surface area (TPSA) is 38.0 Å². The van der Waals surface area contributed by atoms with Gasteiger partial charge in [-0.1, -0.05) is 34.1 Å². The Hall–Kier alpha value is -0.830. The van der Waals surface area contributed by atoms with Crippen LogP contribution in [0.5, 0.6) is 0 Å². The number of hydrogen-bond acceptors (Lipinski definition) is 2. The van der Waals surface area contributed by atoms with Crippen molar-refractivity contribution in [3.8, 4) is 0 Å². The summed E-state index contributed by atoms with van der Waals surface area (Å²) in [7, 11) is 0. The lowest BCUT2D eigenvalue weighted by atomic mass is 10.1. The van der Waals surface area contributed by atoms with Gasteiger partial charge in [-0.25, -0.2) is 0 Å². The lowest BCUT2D eigenvalue weighted by molar-refractivity contribution is 0.266. The van der Waals surface area contributed by atoms with Crippen LogP contribution >= 0.6 is 0 Å². The van der Waals surface area contributed by atoms with Gasteiger partial charge in [0.05, 0.1) is 18.8 Å². The molecule has 0 atom stereocenters. The molecule has 1 rings (SSSR count). The van der Waals surface area contributed by atoms with Crippen LogP contribution in [0.15, 0.2) is 6.07 Å². The largest absolute Gasteiger partial charge is 0.394 e. The standard InChI is InChI=1S/C9H16N2O.C3H8/c1-7(2)9-6-8(3)10-11(9)4-5-12;1-3-2/h6-7,12H,4-5H2,1-3H3;3H2,1-2H3. The molecule has 3 nitrogen and oxygen atoms in total. The van der Waals surface area contributed by atoms with Gasteiger partial charge >= 0.3 is 0 Å². The van der Waals surface area contributed by atoms with Gasteiger partial charge in [-0.3, -0.25) is 4.68 Å². The number of rotatable bonds is 3. The molecule has 3 heteroatoms. The van der Waals surface area contributed by atoms with Crippen molar-refractivity contribution in [1.82, 2.24) is 9.78 Å². The highest BCUT2D eigenvalue weighted by Gasteiger charge is 2.07. The van der Waals surface area contributed by atoms with E-state index in [-0.39, 0.29) is 6.61 Å². The van der Waals surface area contributed by atoms with E-state index in [2.05, 4.69) is 38.9 Å². The van der Waals surface area contributed by atoms with Gasteiger partial charge in [0, 0.05) is 5.69 Å². The third-order valence-corrected chi connectivity index (χ3v) is 1.84. The zero-order valence-electron chi connectivity index (χ0n) is 10.6. The Morgan fingerprint density at radius 2 is 1.93 bits per heavy atom. The highest BCUT2D eigenvalue weighted by Crippen LogP contribution is 2.14. The second-order valence-corrected chi connectivity index (χ2v) is 4.02. The van der Waals surface area contributed by atoms with Crippen LogP contribution < -0.4 is 0 Å². The highest BCUT2D eigenvalue weighted by molar-refractivity contribution is 5.12. The molecular weight excluding hydrogens is 188 g/mol. The van der Waals surface area contributed by atoms with Crippen LogP contribution in [0.3, 0.4) is 0 Å². The third kappa shape index (κ3) is 4.98. The van der Waals surface area contributed by atoms with Crippen molar-refractivity contribution in [2.75, 3.05) is 6.61 Å². The maximum absolute atomic E-state index is 8.77. The van der Waals surface area contributed by atoms with Crippen LogP contribution in [-0.2, 0) is 6.54 Å². The summed E-state index contributed by atoms with van der Waals surface area (Å²) in [4.78, 5) is 0. The van der Waals surface area contributed by atoms with Crippen molar-refractivity contribution in [2.24, 2.45) is 0 Å². The quantitative estimate of drug-likeness (QED) is 0.836. The number of aliphatic hydroxyl groups excluding tert-OH is 1. The average molecular weight is 212 g/mol. The zero-order chi connectivity index (χ0) is 11.8. The summed E-state index contributed by atoms with van der Waals surface area (Å²) in [5.74, 6) is 0.470. The van der Waals surface area contributed by atoms with Crippen LogP contribution in [0, 0.1) is 6.92 Å². The first-order valence-electron chi connectivity index (χ1n) is 5.71. The Labute approximate surface area is 93.1 Å². The molecule has 1 aromatic heterocycles. The summed E-state index contributed by atoms with van der Waals surface area (Å²) in [5, 5.41) is 13.1. The van der Waals surface area contributed by atoms with E-state index in [0.717, 1.165) is 5.69 Å². The summed E-state index contributed by atoms with van der Waals surface area (Å²) < 4.78 is 1.88. The molecule has 15 heavy (non-hydrogen) atoms. The predicted octanol–water partition coefficient (Wildman–Crippen LogP) is 2.72. The van der Waals surface area contributed by atoms with Gasteiger partial charge in [-0.2, -0.15) is 5.10 Å². The molecule has 0 fully saturated rings. The van der Waals surface area contributed by atoms with Crippen molar-refractivity contribution in [1.29, 1.82) is 0 Å². The molecule has 1 heterocycles.